The Morgan fingerprint density at radius 1 is 1.26 bits per heavy atom. The Kier molecular flexibility index (Phi) is 5.65. The Labute approximate surface area is 156 Å². The molecule has 0 spiro atoms. The first-order chi connectivity index (χ1) is 13.1. The minimum Gasteiger partial charge on any atom is -0.496 e. The second kappa shape index (κ2) is 8.31. The fourth-order valence-corrected chi connectivity index (χ4v) is 2.70. The van der Waals surface area contributed by atoms with E-state index >= 15 is 0 Å². The quantitative estimate of drug-likeness (QED) is 0.469. The van der Waals surface area contributed by atoms with Crippen molar-refractivity contribution in [3.8, 4) is 17.2 Å². The minimum absolute atomic E-state index is 0.0577. The molecule has 0 aliphatic heterocycles. The molecule has 0 fully saturated rings. The maximum Gasteiger partial charge on any atom is 0.293 e. The Bertz CT molecular complexity index is 939. The maximum absolute atomic E-state index is 11.5. The first kappa shape index (κ1) is 18.4. The Morgan fingerprint density at radius 2 is 2.07 bits per heavy atom. The SMILES string of the molecule is CCCc1noc(-c2ccc(NCc3ccccc3OC)c([N+](=O)[O-])c2)n1. The normalized spacial score (nSPS) is 10.6. The van der Waals surface area contributed by atoms with Crippen molar-refractivity contribution in [1.82, 2.24) is 10.1 Å². The van der Waals surface area contributed by atoms with Gasteiger partial charge in [0.15, 0.2) is 5.82 Å². The molecule has 8 heteroatoms. The van der Waals surface area contributed by atoms with Crippen LogP contribution >= 0.6 is 0 Å². The second-order valence-corrected chi connectivity index (χ2v) is 5.92. The molecule has 2 aromatic carbocycles. The number of hydrogen-bond donors (Lipinski definition) is 1. The maximum atomic E-state index is 11.5. The molecule has 0 amide bonds. The van der Waals surface area contributed by atoms with Gasteiger partial charge in [-0.3, -0.25) is 10.1 Å². The summed E-state index contributed by atoms with van der Waals surface area (Å²) in [6.45, 7) is 2.41. The summed E-state index contributed by atoms with van der Waals surface area (Å²) in [5.41, 5.74) is 1.76. The predicted molar refractivity (Wildman–Crippen MR) is 101 cm³/mol. The topological polar surface area (TPSA) is 103 Å². The van der Waals surface area contributed by atoms with Gasteiger partial charge in [-0.1, -0.05) is 30.3 Å². The number of benzene rings is 2. The molecule has 0 saturated carbocycles. The molecule has 0 saturated heterocycles. The molecular formula is C19H20N4O4. The fraction of sp³-hybridized carbons (Fsp3) is 0.263. The van der Waals surface area contributed by atoms with Crippen molar-refractivity contribution < 1.29 is 14.2 Å². The summed E-state index contributed by atoms with van der Waals surface area (Å²) in [5.74, 6) is 1.59. The van der Waals surface area contributed by atoms with E-state index in [0.717, 1.165) is 17.7 Å². The molecule has 140 valence electrons. The van der Waals surface area contributed by atoms with E-state index in [1.807, 2.05) is 31.2 Å². The van der Waals surface area contributed by atoms with E-state index in [2.05, 4.69) is 15.5 Å². The summed E-state index contributed by atoms with van der Waals surface area (Å²) in [6, 6.07) is 12.3. The average molecular weight is 368 g/mol. The van der Waals surface area contributed by atoms with E-state index in [1.54, 1.807) is 19.2 Å². The van der Waals surface area contributed by atoms with Crippen LogP contribution in [-0.2, 0) is 13.0 Å². The molecule has 1 aromatic heterocycles. The summed E-state index contributed by atoms with van der Waals surface area (Å²) < 4.78 is 10.5. The Morgan fingerprint density at radius 3 is 2.81 bits per heavy atom. The molecule has 27 heavy (non-hydrogen) atoms. The number of nitro groups is 1. The molecule has 1 heterocycles. The number of aryl methyl sites for hydroxylation is 1. The lowest BCUT2D eigenvalue weighted by Gasteiger charge is -2.11. The second-order valence-electron chi connectivity index (χ2n) is 5.92. The molecule has 3 rings (SSSR count). The number of para-hydroxylation sites is 1. The number of nitro benzene ring substituents is 1. The van der Waals surface area contributed by atoms with E-state index in [-0.39, 0.29) is 11.6 Å². The van der Waals surface area contributed by atoms with Crippen LogP contribution in [0.1, 0.15) is 24.7 Å². The minimum atomic E-state index is -0.433. The zero-order chi connectivity index (χ0) is 19.2. The lowest BCUT2D eigenvalue weighted by atomic mass is 10.1. The van der Waals surface area contributed by atoms with Gasteiger partial charge in [0.05, 0.1) is 12.0 Å². The van der Waals surface area contributed by atoms with E-state index in [9.17, 15) is 10.1 Å². The van der Waals surface area contributed by atoms with Crippen LogP contribution in [0.2, 0.25) is 0 Å². The molecular weight excluding hydrogens is 348 g/mol. The zero-order valence-electron chi connectivity index (χ0n) is 15.1. The highest BCUT2D eigenvalue weighted by Gasteiger charge is 2.18. The van der Waals surface area contributed by atoms with Crippen LogP contribution < -0.4 is 10.1 Å². The average Bonchev–Trinajstić information content (AvgIpc) is 3.15. The third kappa shape index (κ3) is 4.22. The van der Waals surface area contributed by atoms with Crippen LogP contribution in [0.3, 0.4) is 0 Å². The molecule has 0 bridgehead atoms. The van der Waals surface area contributed by atoms with Gasteiger partial charge in [0.2, 0.25) is 0 Å². The van der Waals surface area contributed by atoms with Gasteiger partial charge in [0.1, 0.15) is 11.4 Å². The van der Waals surface area contributed by atoms with E-state index < -0.39 is 4.92 Å². The van der Waals surface area contributed by atoms with Gasteiger partial charge in [-0.05, 0) is 24.6 Å². The van der Waals surface area contributed by atoms with Crippen molar-refractivity contribution in [1.29, 1.82) is 0 Å². The summed E-state index contributed by atoms with van der Waals surface area (Å²) in [4.78, 5) is 15.4. The third-order valence-electron chi connectivity index (χ3n) is 4.04. The van der Waals surface area contributed by atoms with Crippen molar-refractivity contribution in [3.05, 3.63) is 64.0 Å². The van der Waals surface area contributed by atoms with Crippen LogP contribution in [0.25, 0.3) is 11.5 Å². The number of nitrogens with one attached hydrogen (secondary N) is 1. The van der Waals surface area contributed by atoms with Gasteiger partial charge < -0.3 is 14.6 Å². The van der Waals surface area contributed by atoms with Crippen molar-refractivity contribution in [2.75, 3.05) is 12.4 Å². The van der Waals surface area contributed by atoms with Gasteiger partial charge in [-0.25, -0.2) is 0 Å². The lowest BCUT2D eigenvalue weighted by molar-refractivity contribution is -0.383. The highest BCUT2D eigenvalue weighted by Crippen LogP contribution is 2.31. The Hall–Kier alpha value is -3.42. The van der Waals surface area contributed by atoms with Crippen LogP contribution in [0.4, 0.5) is 11.4 Å². The standard InChI is InChI=1S/C19H20N4O4/c1-3-6-18-21-19(27-22-18)13-9-10-15(16(11-13)23(24)25)20-12-14-7-4-5-8-17(14)26-2/h4-5,7-11,20H,3,6,12H2,1-2H3. The van der Waals surface area contributed by atoms with Crippen LogP contribution in [0, 0.1) is 10.1 Å². The highest BCUT2D eigenvalue weighted by atomic mass is 16.6. The molecule has 3 aromatic rings. The van der Waals surface area contributed by atoms with Crippen molar-refractivity contribution in [2.24, 2.45) is 0 Å². The van der Waals surface area contributed by atoms with Gasteiger partial charge in [0, 0.05) is 30.2 Å². The summed E-state index contributed by atoms with van der Waals surface area (Å²) in [6.07, 6.45) is 1.59. The smallest absolute Gasteiger partial charge is 0.293 e. The summed E-state index contributed by atoms with van der Waals surface area (Å²) in [5, 5.41) is 18.5. The van der Waals surface area contributed by atoms with Gasteiger partial charge in [0.25, 0.3) is 11.6 Å². The third-order valence-corrected chi connectivity index (χ3v) is 4.04. The number of ether oxygens (including phenoxy) is 1. The predicted octanol–water partition coefficient (Wildman–Crippen LogP) is 4.22. The highest BCUT2D eigenvalue weighted by molar-refractivity contribution is 5.70. The number of hydrogen-bond acceptors (Lipinski definition) is 7. The number of anilines is 1. The fourth-order valence-electron chi connectivity index (χ4n) is 2.70. The van der Waals surface area contributed by atoms with Gasteiger partial charge >= 0.3 is 0 Å². The molecule has 0 unspecified atom stereocenters. The first-order valence-corrected chi connectivity index (χ1v) is 8.59. The largest absolute Gasteiger partial charge is 0.496 e. The first-order valence-electron chi connectivity index (χ1n) is 8.59. The summed E-state index contributed by atoms with van der Waals surface area (Å²) in [7, 11) is 1.59. The van der Waals surface area contributed by atoms with E-state index in [0.29, 0.717) is 30.0 Å². The van der Waals surface area contributed by atoms with Crippen LogP contribution in [0.5, 0.6) is 5.75 Å². The molecule has 0 radical (unpaired) electrons. The zero-order valence-corrected chi connectivity index (χ0v) is 15.1. The summed E-state index contributed by atoms with van der Waals surface area (Å²) >= 11 is 0. The molecule has 0 aliphatic carbocycles. The molecule has 0 aliphatic rings. The van der Waals surface area contributed by atoms with Gasteiger partial charge in [-0.2, -0.15) is 4.98 Å². The van der Waals surface area contributed by atoms with Crippen molar-refractivity contribution in [2.45, 2.75) is 26.3 Å². The van der Waals surface area contributed by atoms with E-state index in [4.69, 9.17) is 9.26 Å². The van der Waals surface area contributed by atoms with Crippen molar-refractivity contribution >= 4 is 11.4 Å². The number of aromatic nitrogens is 2. The van der Waals surface area contributed by atoms with Crippen LogP contribution in [-0.4, -0.2) is 22.2 Å². The molecule has 0 atom stereocenters. The molecule has 8 nitrogen and oxygen atoms in total. The number of rotatable bonds is 8. The van der Waals surface area contributed by atoms with Crippen molar-refractivity contribution in [3.63, 3.8) is 0 Å². The number of methoxy groups -OCH3 is 1. The van der Waals surface area contributed by atoms with Crippen LogP contribution in [0.15, 0.2) is 47.0 Å². The van der Waals surface area contributed by atoms with E-state index in [1.165, 1.54) is 6.07 Å². The monoisotopic (exact) mass is 368 g/mol. The lowest BCUT2D eigenvalue weighted by Crippen LogP contribution is -2.04. The van der Waals surface area contributed by atoms with Gasteiger partial charge in [-0.15, -0.1) is 0 Å². The molecule has 1 N–H and O–H groups in total. The number of nitrogens with zero attached hydrogens (tertiary/aromatic N) is 3. The Balaban J connectivity index is 1.84.